The van der Waals surface area contributed by atoms with Crippen molar-refractivity contribution in [1.29, 1.82) is 0 Å². The fraction of sp³-hybridized carbons (Fsp3) is 0.826. The molecule has 0 unspecified atom stereocenters. The van der Waals surface area contributed by atoms with Gasteiger partial charge in [-0.1, -0.05) is 19.3 Å². The van der Waals surface area contributed by atoms with Crippen LogP contribution in [0, 0.1) is 24.7 Å². The Morgan fingerprint density at radius 2 is 1.90 bits per heavy atom. The first-order chi connectivity index (χ1) is 14.0. The van der Waals surface area contributed by atoms with Crippen molar-refractivity contribution in [2.75, 3.05) is 40.3 Å². The first-order valence-electron chi connectivity index (χ1n) is 11.5. The number of nitrogens with zero attached hydrogens (tertiary/aromatic N) is 4. The lowest BCUT2D eigenvalue weighted by Gasteiger charge is -2.38. The molecule has 6 nitrogen and oxygen atoms in total. The van der Waals surface area contributed by atoms with Crippen LogP contribution < -0.4 is 0 Å². The van der Waals surface area contributed by atoms with Crippen LogP contribution in [0.25, 0.3) is 0 Å². The molecule has 6 heteroatoms. The average molecular weight is 403 g/mol. The molecule has 1 aromatic heterocycles. The Morgan fingerprint density at radius 1 is 1.17 bits per heavy atom. The number of aryl methyl sites for hydroxylation is 1. The van der Waals surface area contributed by atoms with Gasteiger partial charge in [0.2, 0.25) is 5.91 Å². The molecule has 4 atom stereocenters. The van der Waals surface area contributed by atoms with Crippen molar-refractivity contribution in [3.05, 3.63) is 18.0 Å². The van der Waals surface area contributed by atoms with Gasteiger partial charge >= 0.3 is 0 Å². The molecule has 2 aliphatic carbocycles. The van der Waals surface area contributed by atoms with Crippen molar-refractivity contribution in [2.24, 2.45) is 17.8 Å². The molecule has 2 saturated carbocycles. The van der Waals surface area contributed by atoms with Gasteiger partial charge in [-0.25, -0.2) is 0 Å². The number of likely N-dealkylation sites (N-methyl/N-ethyl adjacent to an activating group) is 1. The van der Waals surface area contributed by atoms with E-state index in [1.165, 1.54) is 57.3 Å². The highest BCUT2D eigenvalue weighted by Gasteiger charge is 2.44. The minimum Gasteiger partial charge on any atom is -0.366 e. The molecule has 2 heterocycles. The standard InChI is InChI=1S/C23H38N4O2/c1-17-11-24-27(12-17)21-9-19-14-26(13-18-7-5-4-6-8-18)15-20(19)10-22(21)29-16-23(28)25(2)3/h11-12,18-22H,4-10,13-16H2,1-3H3/t19-,20+,21-,22-/m0/s1. The number of hydrogen-bond donors (Lipinski definition) is 0. The van der Waals surface area contributed by atoms with Crippen molar-refractivity contribution in [1.82, 2.24) is 19.6 Å². The maximum atomic E-state index is 12.1. The predicted octanol–water partition coefficient (Wildman–Crippen LogP) is 3.13. The lowest BCUT2D eigenvalue weighted by Crippen LogP contribution is -2.40. The summed E-state index contributed by atoms with van der Waals surface area (Å²) in [5, 5.41) is 4.61. The summed E-state index contributed by atoms with van der Waals surface area (Å²) in [5.74, 6) is 2.34. The zero-order valence-electron chi connectivity index (χ0n) is 18.4. The molecule has 1 aliphatic heterocycles. The van der Waals surface area contributed by atoms with Gasteiger partial charge in [0.05, 0.1) is 18.3 Å². The van der Waals surface area contributed by atoms with Crippen molar-refractivity contribution >= 4 is 5.91 Å². The average Bonchev–Trinajstić information content (AvgIpc) is 3.31. The van der Waals surface area contributed by atoms with Gasteiger partial charge in [-0.15, -0.1) is 0 Å². The summed E-state index contributed by atoms with van der Waals surface area (Å²) in [6, 6.07) is 0.231. The molecule has 0 bridgehead atoms. The number of fused-ring (bicyclic) bond motifs is 1. The zero-order chi connectivity index (χ0) is 20.4. The molecule has 0 N–H and O–H groups in total. The van der Waals surface area contributed by atoms with Crippen LogP contribution in [-0.4, -0.2) is 71.9 Å². The van der Waals surface area contributed by atoms with Gasteiger partial charge in [-0.05, 0) is 55.9 Å². The summed E-state index contributed by atoms with van der Waals surface area (Å²) in [5.41, 5.74) is 1.18. The smallest absolute Gasteiger partial charge is 0.248 e. The Kier molecular flexibility index (Phi) is 6.60. The molecule has 0 spiro atoms. The predicted molar refractivity (Wildman–Crippen MR) is 114 cm³/mol. The number of carbonyl (C=O) groups excluding carboxylic acids is 1. The fourth-order valence-electron chi connectivity index (χ4n) is 5.75. The van der Waals surface area contributed by atoms with Crippen molar-refractivity contribution < 1.29 is 9.53 Å². The summed E-state index contributed by atoms with van der Waals surface area (Å²) < 4.78 is 8.30. The molecule has 4 rings (SSSR count). The Hall–Kier alpha value is -1.40. The van der Waals surface area contributed by atoms with Gasteiger partial charge in [0, 0.05) is 39.9 Å². The number of aromatic nitrogens is 2. The molecule has 0 radical (unpaired) electrons. The number of ether oxygens (including phenoxy) is 1. The molecule has 3 fully saturated rings. The summed E-state index contributed by atoms with van der Waals surface area (Å²) in [7, 11) is 3.58. The van der Waals surface area contributed by atoms with E-state index in [1.54, 1.807) is 19.0 Å². The van der Waals surface area contributed by atoms with Crippen molar-refractivity contribution in [3.63, 3.8) is 0 Å². The van der Waals surface area contributed by atoms with Gasteiger partial charge < -0.3 is 14.5 Å². The first kappa shape index (κ1) is 20.9. The largest absolute Gasteiger partial charge is 0.366 e. The van der Waals surface area contributed by atoms with E-state index in [1.807, 2.05) is 6.20 Å². The van der Waals surface area contributed by atoms with Crippen molar-refractivity contribution in [3.8, 4) is 0 Å². The fourth-order valence-corrected chi connectivity index (χ4v) is 5.75. The van der Waals surface area contributed by atoms with Gasteiger partial charge in [-0.3, -0.25) is 9.48 Å². The second kappa shape index (κ2) is 9.17. The first-order valence-corrected chi connectivity index (χ1v) is 11.5. The normalized spacial score (nSPS) is 31.0. The van der Waals surface area contributed by atoms with Gasteiger partial charge in [0.1, 0.15) is 6.61 Å². The molecule has 29 heavy (non-hydrogen) atoms. The highest BCUT2D eigenvalue weighted by atomic mass is 16.5. The highest BCUT2D eigenvalue weighted by Crippen LogP contribution is 2.43. The SMILES string of the molecule is Cc1cnn([C@H]2C[C@H]3CN(CC4CCCCC4)C[C@H]3C[C@@H]2OCC(=O)N(C)C)c1. The molecule has 1 aromatic rings. The molecular formula is C23H38N4O2. The summed E-state index contributed by atoms with van der Waals surface area (Å²) >= 11 is 0. The third-order valence-electron chi connectivity index (χ3n) is 7.39. The summed E-state index contributed by atoms with van der Waals surface area (Å²) in [6.07, 6.45) is 13.4. The summed E-state index contributed by atoms with van der Waals surface area (Å²) in [4.78, 5) is 16.4. The van der Waals surface area contributed by atoms with E-state index in [4.69, 9.17) is 4.74 Å². The Morgan fingerprint density at radius 3 is 2.55 bits per heavy atom. The van der Waals surface area contributed by atoms with Crippen LogP contribution in [0.1, 0.15) is 56.6 Å². The van der Waals surface area contributed by atoms with Gasteiger partial charge in [-0.2, -0.15) is 5.10 Å². The van der Waals surface area contributed by atoms with Crippen molar-refractivity contribution in [2.45, 2.75) is 64.0 Å². The van der Waals surface area contributed by atoms with E-state index in [2.05, 4.69) is 27.8 Å². The quantitative estimate of drug-likeness (QED) is 0.734. The third-order valence-corrected chi connectivity index (χ3v) is 7.39. The van der Waals surface area contributed by atoms with E-state index >= 15 is 0 Å². The topological polar surface area (TPSA) is 50.6 Å². The van der Waals surface area contributed by atoms with Gasteiger partial charge in [0.15, 0.2) is 0 Å². The second-order valence-electron chi connectivity index (χ2n) is 9.92. The number of rotatable bonds is 6. The monoisotopic (exact) mass is 402 g/mol. The number of amides is 1. The van der Waals surface area contributed by atoms with Crippen LogP contribution in [0.3, 0.4) is 0 Å². The van der Waals surface area contributed by atoms with E-state index in [0.29, 0.717) is 5.92 Å². The van der Waals surface area contributed by atoms with Crippen LogP contribution in [0.2, 0.25) is 0 Å². The Labute approximate surface area is 175 Å². The molecule has 3 aliphatic rings. The Bertz CT molecular complexity index is 682. The maximum absolute atomic E-state index is 12.1. The lowest BCUT2D eigenvalue weighted by molar-refractivity contribution is -0.138. The van der Waals surface area contributed by atoms with Crippen LogP contribution in [0.15, 0.2) is 12.4 Å². The van der Waals surface area contributed by atoms with Crippen LogP contribution in [0.5, 0.6) is 0 Å². The van der Waals surface area contributed by atoms with Crippen LogP contribution in [0.4, 0.5) is 0 Å². The minimum atomic E-state index is 0.0351. The van der Waals surface area contributed by atoms with E-state index in [0.717, 1.165) is 24.7 Å². The summed E-state index contributed by atoms with van der Waals surface area (Å²) in [6.45, 7) is 5.96. The molecule has 1 saturated heterocycles. The highest BCUT2D eigenvalue weighted by molar-refractivity contribution is 5.76. The Balaban J connectivity index is 1.41. The van der Waals surface area contributed by atoms with E-state index in [9.17, 15) is 4.79 Å². The maximum Gasteiger partial charge on any atom is 0.248 e. The third kappa shape index (κ3) is 5.02. The van der Waals surface area contributed by atoms with Crippen LogP contribution in [-0.2, 0) is 9.53 Å². The molecule has 1 amide bonds. The zero-order valence-corrected chi connectivity index (χ0v) is 18.4. The molecule has 162 valence electrons. The second-order valence-corrected chi connectivity index (χ2v) is 9.92. The van der Waals surface area contributed by atoms with E-state index in [-0.39, 0.29) is 24.7 Å². The van der Waals surface area contributed by atoms with Crippen LogP contribution >= 0.6 is 0 Å². The molecule has 0 aromatic carbocycles. The number of carbonyl (C=O) groups is 1. The van der Waals surface area contributed by atoms with Gasteiger partial charge in [0.25, 0.3) is 0 Å². The number of hydrogen-bond acceptors (Lipinski definition) is 4. The van der Waals surface area contributed by atoms with E-state index < -0.39 is 0 Å². The number of likely N-dealkylation sites (tertiary alicyclic amines) is 1. The molecular weight excluding hydrogens is 364 g/mol. The lowest BCUT2D eigenvalue weighted by atomic mass is 9.77. The minimum absolute atomic E-state index is 0.0351.